The van der Waals surface area contributed by atoms with Crippen molar-refractivity contribution in [2.45, 2.75) is 38.3 Å². The Bertz CT molecular complexity index is 655. The van der Waals surface area contributed by atoms with Crippen LogP contribution in [0.25, 0.3) is 0 Å². The molecule has 0 saturated carbocycles. The van der Waals surface area contributed by atoms with Crippen LogP contribution in [0.4, 0.5) is 0 Å². The van der Waals surface area contributed by atoms with Gasteiger partial charge in [-0.3, -0.25) is 9.78 Å². The van der Waals surface area contributed by atoms with Gasteiger partial charge in [-0.15, -0.1) is 0 Å². The molecule has 2 unspecified atom stereocenters. The van der Waals surface area contributed by atoms with Gasteiger partial charge < -0.3 is 10.0 Å². The molecular weight excluding hydrogens is 288 g/mol. The van der Waals surface area contributed by atoms with E-state index in [0.717, 1.165) is 30.6 Å². The molecule has 2 aromatic rings. The van der Waals surface area contributed by atoms with Gasteiger partial charge in [0.1, 0.15) is 0 Å². The van der Waals surface area contributed by atoms with E-state index in [4.69, 9.17) is 0 Å². The van der Waals surface area contributed by atoms with Crippen molar-refractivity contribution in [3.63, 3.8) is 0 Å². The van der Waals surface area contributed by atoms with Gasteiger partial charge >= 0.3 is 0 Å². The predicted molar refractivity (Wildman–Crippen MR) is 89.1 cm³/mol. The summed E-state index contributed by atoms with van der Waals surface area (Å²) in [5, 5.41) is 10.4. The molecule has 120 valence electrons. The van der Waals surface area contributed by atoms with Gasteiger partial charge in [0.25, 0.3) is 5.91 Å². The Hall–Kier alpha value is -2.20. The lowest BCUT2D eigenvalue weighted by Crippen LogP contribution is -2.36. The lowest BCUT2D eigenvalue weighted by Gasteiger charge is -2.26. The number of hydrogen-bond donors (Lipinski definition) is 1. The Morgan fingerprint density at radius 2 is 2.09 bits per heavy atom. The summed E-state index contributed by atoms with van der Waals surface area (Å²) < 4.78 is 0. The lowest BCUT2D eigenvalue weighted by molar-refractivity contribution is 0.0666. The minimum absolute atomic E-state index is 0.0141. The van der Waals surface area contributed by atoms with Gasteiger partial charge in [-0.25, -0.2) is 0 Å². The van der Waals surface area contributed by atoms with Crippen LogP contribution in [0.2, 0.25) is 0 Å². The summed E-state index contributed by atoms with van der Waals surface area (Å²) in [5.41, 5.74) is 2.43. The molecule has 1 amide bonds. The zero-order chi connectivity index (χ0) is 16.2. The maximum absolute atomic E-state index is 12.7. The zero-order valence-corrected chi connectivity index (χ0v) is 13.4. The van der Waals surface area contributed by atoms with Gasteiger partial charge in [-0.05, 0) is 43.9 Å². The monoisotopic (exact) mass is 310 g/mol. The number of benzene rings is 1. The van der Waals surface area contributed by atoms with E-state index in [1.165, 1.54) is 0 Å². The average molecular weight is 310 g/mol. The SMILES string of the molecule is Cc1ccc(C(=O)N2CCCC2CC(O)c2ccccc2)cn1. The molecule has 4 nitrogen and oxygen atoms in total. The third-order valence-corrected chi connectivity index (χ3v) is 4.48. The first-order valence-corrected chi connectivity index (χ1v) is 8.12. The molecule has 1 aliphatic heterocycles. The number of pyridine rings is 1. The van der Waals surface area contributed by atoms with Crippen LogP contribution in [0.3, 0.4) is 0 Å². The highest BCUT2D eigenvalue weighted by atomic mass is 16.3. The maximum atomic E-state index is 12.7. The summed E-state index contributed by atoms with van der Waals surface area (Å²) in [6.45, 7) is 2.65. The number of aryl methyl sites for hydroxylation is 1. The minimum atomic E-state index is -0.536. The molecule has 3 rings (SSSR count). The topological polar surface area (TPSA) is 53.4 Å². The van der Waals surface area contributed by atoms with Crippen molar-refractivity contribution in [3.8, 4) is 0 Å². The highest BCUT2D eigenvalue weighted by Gasteiger charge is 2.31. The molecule has 23 heavy (non-hydrogen) atoms. The molecule has 0 bridgehead atoms. The molecule has 2 heterocycles. The van der Waals surface area contributed by atoms with Crippen LogP contribution in [0, 0.1) is 6.92 Å². The Balaban J connectivity index is 1.70. The normalized spacial score (nSPS) is 18.9. The van der Waals surface area contributed by atoms with Gasteiger partial charge in [0.2, 0.25) is 0 Å². The van der Waals surface area contributed by atoms with Gasteiger partial charge in [0.05, 0.1) is 11.7 Å². The van der Waals surface area contributed by atoms with Crippen LogP contribution in [-0.2, 0) is 0 Å². The summed E-state index contributed by atoms with van der Waals surface area (Å²) in [7, 11) is 0. The first kappa shape index (κ1) is 15.7. The molecule has 0 spiro atoms. The molecule has 1 aliphatic rings. The summed E-state index contributed by atoms with van der Waals surface area (Å²) in [6.07, 6.45) is 3.60. The van der Waals surface area contributed by atoms with Crippen molar-refractivity contribution in [2.75, 3.05) is 6.54 Å². The second-order valence-corrected chi connectivity index (χ2v) is 6.15. The van der Waals surface area contributed by atoms with Crippen LogP contribution in [0.5, 0.6) is 0 Å². The molecule has 4 heteroatoms. The Labute approximate surface area is 136 Å². The standard InChI is InChI=1S/C19H22N2O2/c1-14-9-10-16(13-20-14)19(23)21-11-5-8-17(21)12-18(22)15-6-3-2-4-7-15/h2-4,6-7,9-10,13,17-18,22H,5,8,11-12H2,1H3. The van der Waals surface area contributed by atoms with Crippen molar-refractivity contribution in [2.24, 2.45) is 0 Å². The number of rotatable bonds is 4. The van der Waals surface area contributed by atoms with Crippen molar-refractivity contribution < 1.29 is 9.90 Å². The minimum Gasteiger partial charge on any atom is -0.388 e. The average Bonchev–Trinajstić information content (AvgIpc) is 3.04. The first-order valence-electron chi connectivity index (χ1n) is 8.12. The molecule has 1 saturated heterocycles. The molecule has 0 aliphatic carbocycles. The number of nitrogens with zero attached hydrogens (tertiary/aromatic N) is 2. The van der Waals surface area contributed by atoms with Gasteiger partial charge in [0.15, 0.2) is 0 Å². The van der Waals surface area contributed by atoms with Crippen LogP contribution < -0.4 is 0 Å². The van der Waals surface area contributed by atoms with E-state index in [1.54, 1.807) is 6.20 Å². The highest BCUT2D eigenvalue weighted by Crippen LogP contribution is 2.28. The number of likely N-dealkylation sites (tertiary alicyclic amines) is 1. The summed E-state index contributed by atoms with van der Waals surface area (Å²) >= 11 is 0. The fraction of sp³-hybridized carbons (Fsp3) is 0.368. The molecule has 1 aromatic carbocycles. The smallest absolute Gasteiger partial charge is 0.255 e. The first-order chi connectivity index (χ1) is 11.1. The number of carbonyl (C=O) groups excluding carboxylic acids is 1. The molecule has 1 N–H and O–H groups in total. The van der Waals surface area contributed by atoms with E-state index in [2.05, 4.69) is 4.98 Å². The second-order valence-electron chi connectivity index (χ2n) is 6.15. The lowest BCUT2D eigenvalue weighted by atomic mass is 10.0. The van der Waals surface area contributed by atoms with E-state index in [-0.39, 0.29) is 11.9 Å². The quantitative estimate of drug-likeness (QED) is 0.944. The largest absolute Gasteiger partial charge is 0.388 e. The number of aromatic nitrogens is 1. The Kier molecular flexibility index (Phi) is 4.72. The maximum Gasteiger partial charge on any atom is 0.255 e. The van der Waals surface area contributed by atoms with Crippen LogP contribution >= 0.6 is 0 Å². The number of carbonyl (C=O) groups is 1. The predicted octanol–water partition coefficient (Wildman–Crippen LogP) is 3.12. The molecular formula is C19H22N2O2. The summed E-state index contributed by atoms with van der Waals surface area (Å²) in [4.78, 5) is 18.8. The Morgan fingerprint density at radius 3 is 2.78 bits per heavy atom. The molecule has 1 fully saturated rings. The number of amides is 1. The third kappa shape index (κ3) is 3.59. The van der Waals surface area contributed by atoms with Crippen LogP contribution in [-0.4, -0.2) is 33.5 Å². The van der Waals surface area contributed by atoms with Crippen LogP contribution in [0.15, 0.2) is 48.7 Å². The zero-order valence-electron chi connectivity index (χ0n) is 13.4. The third-order valence-electron chi connectivity index (χ3n) is 4.48. The number of aliphatic hydroxyl groups excluding tert-OH is 1. The van der Waals surface area contributed by atoms with Gasteiger partial charge in [0, 0.05) is 24.5 Å². The van der Waals surface area contributed by atoms with E-state index in [0.29, 0.717) is 12.0 Å². The molecule has 2 atom stereocenters. The number of hydrogen-bond acceptors (Lipinski definition) is 3. The van der Waals surface area contributed by atoms with Gasteiger partial charge in [-0.2, -0.15) is 0 Å². The van der Waals surface area contributed by atoms with E-state index >= 15 is 0 Å². The second kappa shape index (κ2) is 6.92. The van der Waals surface area contributed by atoms with Crippen molar-refractivity contribution >= 4 is 5.91 Å². The summed E-state index contributed by atoms with van der Waals surface area (Å²) in [5.74, 6) is 0.0141. The highest BCUT2D eigenvalue weighted by molar-refractivity contribution is 5.94. The van der Waals surface area contributed by atoms with E-state index in [1.807, 2.05) is 54.3 Å². The molecule has 0 radical (unpaired) electrons. The van der Waals surface area contributed by atoms with E-state index < -0.39 is 6.10 Å². The van der Waals surface area contributed by atoms with Crippen LogP contribution in [0.1, 0.15) is 47.0 Å². The van der Waals surface area contributed by atoms with Crippen molar-refractivity contribution in [1.82, 2.24) is 9.88 Å². The molecule has 1 aromatic heterocycles. The van der Waals surface area contributed by atoms with Crippen molar-refractivity contribution in [1.29, 1.82) is 0 Å². The van der Waals surface area contributed by atoms with Crippen molar-refractivity contribution in [3.05, 3.63) is 65.5 Å². The fourth-order valence-corrected chi connectivity index (χ4v) is 3.18. The fourth-order valence-electron chi connectivity index (χ4n) is 3.18. The Morgan fingerprint density at radius 1 is 1.30 bits per heavy atom. The van der Waals surface area contributed by atoms with Gasteiger partial charge in [-0.1, -0.05) is 30.3 Å². The number of aliphatic hydroxyl groups is 1. The van der Waals surface area contributed by atoms with E-state index in [9.17, 15) is 9.90 Å². The summed E-state index contributed by atoms with van der Waals surface area (Å²) in [6, 6.07) is 13.4.